The summed E-state index contributed by atoms with van der Waals surface area (Å²) in [7, 11) is 4.24. The fraction of sp³-hybridized carbons (Fsp3) is 0.533. The molecule has 2 unspecified atom stereocenters. The first kappa shape index (κ1) is 14.7. The van der Waals surface area contributed by atoms with Crippen LogP contribution in [-0.2, 0) is 0 Å². The molecular formula is C15H24N4O. The number of likely N-dealkylation sites (N-methyl/N-ethyl adjacent to an activating group) is 1. The minimum atomic E-state index is 0.171. The SMILES string of the molecule is Cc1cccc(/C(N)=N/O)c1N1CC(C)C(N(C)C)C1. The van der Waals surface area contributed by atoms with Crippen LogP contribution >= 0.6 is 0 Å². The van der Waals surface area contributed by atoms with E-state index in [2.05, 4.69) is 49.0 Å². The third-order valence-electron chi connectivity index (χ3n) is 4.17. The Morgan fingerprint density at radius 2 is 2.10 bits per heavy atom. The molecule has 2 atom stereocenters. The summed E-state index contributed by atoms with van der Waals surface area (Å²) in [5.74, 6) is 0.759. The summed E-state index contributed by atoms with van der Waals surface area (Å²) >= 11 is 0. The number of rotatable bonds is 3. The molecule has 110 valence electrons. The van der Waals surface area contributed by atoms with Gasteiger partial charge in [0, 0.05) is 24.7 Å². The van der Waals surface area contributed by atoms with Crippen molar-refractivity contribution in [3.63, 3.8) is 0 Å². The molecule has 0 aromatic heterocycles. The van der Waals surface area contributed by atoms with Gasteiger partial charge in [-0.3, -0.25) is 0 Å². The largest absolute Gasteiger partial charge is 0.409 e. The summed E-state index contributed by atoms with van der Waals surface area (Å²) in [5, 5.41) is 12.1. The molecule has 0 bridgehead atoms. The van der Waals surface area contributed by atoms with E-state index in [-0.39, 0.29) is 5.84 Å². The predicted molar refractivity (Wildman–Crippen MR) is 82.5 cm³/mol. The Morgan fingerprint density at radius 1 is 1.40 bits per heavy atom. The van der Waals surface area contributed by atoms with Gasteiger partial charge < -0.3 is 20.7 Å². The van der Waals surface area contributed by atoms with Gasteiger partial charge in [0.2, 0.25) is 0 Å². The molecule has 5 heteroatoms. The van der Waals surface area contributed by atoms with Gasteiger partial charge in [0.1, 0.15) is 0 Å². The monoisotopic (exact) mass is 276 g/mol. The molecule has 1 aliphatic rings. The van der Waals surface area contributed by atoms with Gasteiger partial charge in [-0.15, -0.1) is 0 Å². The van der Waals surface area contributed by atoms with E-state index in [0.717, 1.165) is 29.9 Å². The van der Waals surface area contributed by atoms with E-state index in [1.165, 1.54) is 0 Å². The number of hydrogen-bond donors (Lipinski definition) is 2. The Balaban J connectivity index is 2.39. The molecule has 1 aliphatic heterocycles. The lowest BCUT2D eigenvalue weighted by atomic mass is 10.1. The van der Waals surface area contributed by atoms with Gasteiger partial charge in [0.05, 0.1) is 5.69 Å². The molecule has 0 spiro atoms. The fourth-order valence-corrected chi connectivity index (χ4v) is 3.14. The first-order valence-corrected chi connectivity index (χ1v) is 6.94. The van der Waals surface area contributed by atoms with Crippen molar-refractivity contribution in [2.45, 2.75) is 19.9 Å². The summed E-state index contributed by atoms with van der Waals surface area (Å²) in [6.07, 6.45) is 0. The second-order valence-electron chi connectivity index (χ2n) is 5.87. The molecule has 5 nitrogen and oxygen atoms in total. The molecule has 3 N–H and O–H groups in total. The van der Waals surface area contributed by atoms with Crippen LogP contribution in [0.5, 0.6) is 0 Å². The van der Waals surface area contributed by atoms with Gasteiger partial charge in [-0.1, -0.05) is 24.2 Å². The van der Waals surface area contributed by atoms with Crippen LogP contribution < -0.4 is 10.6 Å². The maximum absolute atomic E-state index is 8.97. The number of nitrogens with zero attached hydrogens (tertiary/aromatic N) is 3. The van der Waals surface area contributed by atoms with Crippen LogP contribution in [0.3, 0.4) is 0 Å². The topological polar surface area (TPSA) is 65.1 Å². The Labute approximate surface area is 120 Å². The van der Waals surface area contributed by atoms with Crippen molar-refractivity contribution in [2.75, 3.05) is 32.1 Å². The maximum atomic E-state index is 8.97. The highest BCUT2D eigenvalue weighted by Gasteiger charge is 2.32. The quantitative estimate of drug-likeness (QED) is 0.380. The number of para-hydroxylation sites is 1. The maximum Gasteiger partial charge on any atom is 0.172 e. The molecule has 1 aromatic carbocycles. The first-order valence-electron chi connectivity index (χ1n) is 6.94. The van der Waals surface area contributed by atoms with Gasteiger partial charge in [-0.2, -0.15) is 0 Å². The van der Waals surface area contributed by atoms with Crippen molar-refractivity contribution in [1.29, 1.82) is 0 Å². The lowest BCUT2D eigenvalue weighted by molar-refractivity contribution is 0.266. The molecule has 0 aliphatic carbocycles. The van der Waals surface area contributed by atoms with Crippen LogP contribution in [0.1, 0.15) is 18.1 Å². The molecule has 1 saturated heterocycles. The van der Waals surface area contributed by atoms with Gasteiger partial charge in [0.15, 0.2) is 5.84 Å². The van der Waals surface area contributed by atoms with E-state index in [1.54, 1.807) is 0 Å². The molecule has 1 heterocycles. The van der Waals surface area contributed by atoms with Crippen molar-refractivity contribution in [1.82, 2.24) is 4.90 Å². The van der Waals surface area contributed by atoms with Gasteiger partial charge >= 0.3 is 0 Å². The lowest BCUT2D eigenvalue weighted by Gasteiger charge is -2.25. The van der Waals surface area contributed by atoms with E-state index in [4.69, 9.17) is 10.9 Å². The Morgan fingerprint density at radius 3 is 2.65 bits per heavy atom. The average molecular weight is 276 g/mol. The molecule has 1 aromatic rings. The number of oxime groups is 1. The van der Waals surface area contributed by atoms with E-state index >= 15 is 0 Å². The number of aryl methyl sites for hydroxylation is 1. The molecular weight excluding hydrogens is 252 g/mol. The van der Waals surface area contributed by atoms with Crippen LogP contribution in [0.4, 0.5) is 5.69 Å². The second-order valence-corrected chi connectivity index (χ2v) is 5.87. The van der Waals surface area contributed by atoms with Crippen LogP contribution in [-0.4, -0.2) is 49.2 Å². The summed E-state index contributed by atoms with van der Waals surface area (Å²) in [6, 6.07) is 6.44. The van der Waals surface area contributed by atoms with E-state index in [1.807, 2.05) is 12.1 Å². The van der Waals surface area contributed by atoms with Crippen LogP contribution in [0, 0.1) is 12.8 Å². The molecule has 2 rings (SSSR count). The van der Waals surface area contributed by atoms with Crippen LogP contribution in [0.15, 0.2) is 23.4 Å². The number of benzene rings is 1. The standard InChI is InChI=1S/C15H24N4O/c1-10-6-5-7-12(15(16)17-20)14(10)19-8-11(2)13(9-19)18(3)4/h5-7,11,13,20H,8-9H2,1-4H3,(H2,16,17). The lowest BCUT2D eigenvalue weighted by Crippen LogP contribution is -2.34. The van der Waals surface area contributed by atoms with Gasteiger partial charge in [0.25, 0.3) is 0 Å². The number of anilines is 1. The summed E-state index contributed by atoms with van der Waals surface area (Å²) in [4.78, 5) is 4.62. The van der Waals surface area contributed by atoms with Crippen molar-refractivity contribution < 1.29 is 5.21 Å². The van der Waals surface area contributed by atoms with Gasteiger partial charge in [-0.05, 0) is 38.6 Å². The van der Waals surface area contributed by atoms with E-state index in [0.29, 0.717) is 12.0 Å². The molecule has 0 amide bonds. The minimum absolute atomic E-state index is 0.171. The predicted octanol–water partition coefficient (Wildman–Crippen LogP) is 1.48. The summed E-state index contributed by atoms with van der Waals surface area (Å²) in [6.45, 7) is 6.29. The molecule has 20 heavy (non-hydrogen) atoms. The van der Waals surface area contributed by atoms with Crippen molar-refractivity contribution in [3.8, 4) is 0 Å². The average Bonchev–Trinajstić information content (AvgIpc) is 2.79. The zero-order valence-electron chi connectivity index (χ0n) is 12.7. The highest BCUT2D eigenvalue weighted by molar-refractivity contribution is 6.02. The molecule has 0 saturated carbocycles. The third-order valence-corrected chi connectivity index (χ3v) is 4.17. The van der Waals surface area contributed by atoms with Crippen molar-refractivity contribution >= 4 is 11.5 Å². The fourth-order valence-electron chi connectivity index (χ4n) is 3.14. The summed E-state index contributed by atoms with van der Waals surface area (Å²) in [5.41, 5.74) is 8.86. The highest BCUT2D eigenvalue weighted by Crippen LogP contribution is 2.31. The minimum Gasteiger partial charge on any atom is -0.409 e. The van der Waals surface area contributed by atoms with E-state index < -0.39 is 0 Å². The number of hydrogen-bond acceptors (Lipinski definition) is 4. The third kappa shape index (κ3) is 2.58. The Kier molecular flexibility index (Phi) is 4.18. The number of nitrogens with two attached hydrogens (primary N) is 1. The highest BCUT2D eigenvalue weighted by atomic mass is 16.4. The van der Waals surface area contributed by atoms with Crippen LogP contribution in [0.2, 0.25) is 0 Å². The Hall–Kier alpha value is -1.75. The van der Waals surface area contributed by atoms with Crippen molar-refractivity contribution in [2.24, 2.45) is 16.8 Å². The second kappa shape index (κ2) is 5.71. The Bertz CT molecular complexity index is 513. The van der Waals surface area contributed by atoms with E-state index in [9.17, 15) is 0 Å². The number of amidine groups is 1. The van der Waals surface area contributed by atoms with Gasteiger partial charge in [-0.25, -0.2) is 0 Å². The molecule has 1 fully saturated rings. The normalized spacial score (nSPS) is 23.6. The molecule has 0 radical (unpaired) electrons. The van der Waals surface area contributed by atoms with Crippen LogP contribution in [0.25, 0.3) is 0 Å². The summed E-state index contributed by atoms with van der Waals surface area (Å²) < 4.78 is 0. The smallest absolute Gasteiger partial charge is 0.172 e. The first-order chi connectivity index (χ1) is 9.45. The zero-order chi connectivity index (χ0) is 14.9. The zero-order valence-corrected chi connectivity index (χ0v) is 12.7. The van der Waals surface area contributed by atoms with Crippen molar-refractivity contribution in [3.05, 3.63) is 29.3 Å².